The van der Waals surface area contributed by atoms with Crippen LogP contribution in [0, 0.1) is 0 Å². The van der Waals surface area contributed by atoms with Crippen LogP contribution in [0.5, 0.6) is 11.8 Å². The van der Waals surface area contributed by atoms with Crippen LogP contribution < -0.4 is 14.5 Å². The predicted molar refractivity (Wildman–Crippen MR) is 153 cm³/mol. The van der Waals surface area contributed by atoms with Gasteiger partial charge in [-0.1, -0.05) is 64.0 Å². The molecule has 1 fully saturated rings. The Labute approximate surface area is 225 Å². The van der Waals surface area contributed by atoms with Gasteiger partial charge in [0, 0.05) is 55.4 Å². The Morgan fingerprint density at radius 3 is 2.45 bits per heavy atom. The van der Waals surface area contributed by atoms with Crippen LogP contribution in [0.25, 0.3) is 10.8 Å². The molecule has 1 N–H and O–H groups in total. The number of aromatic hydroxyl groups is 1. The predicted octanol–water partition coefficient (Wildman–Crippen LogP) is 4.94. The summed E-state index contributed by atoms with van der Waals surface area (Å²) in [6.45, 7) is 12.1. The summed E-state index contributed by atoms with van der Waals surface area (Å²) >= 11 is 0. The zero-order valence-corrected chi connectivity index (χ0v) is 22.8. The van der Waals surface area contributed by atoms with Gasteiger partial charge in [-0.15, -0.1) is 0 Å². The van der Waals surface area contributed by atoms with E-state index >= 15 is 0 Å². The summed E-state index contributed by atoms with van der Waals surface area (Å²) in [5.74, 6) is 1.11. The van der Waals surface area contributed by atoms with Crippen LogP contribution in [0.4, 0.5) is 11.5 Å². The third-order valence-corrected chi connectivity index (χ3v) is 7.14. The molecule has 1 saturated heterocycles. The second kappa shape index (κ2) is 12.6. The van der Waals surface area contributed by atoms with Crippen molar-refractivity contribution < 1.29 is 14.6 Å². The Balaban J connectivity index is 0.000000617. The van der Waals surface area contributed by atoms with Crippen LogP contribution in [-0.4, -0.2) is 65.7 Å². The summed E-state index contributed by atoms with van der Waals surface area (Å²) in [5.41, 5.74) is 3.05. The Morgan fingerprint density at radius 2 is 1.79 bits per heavy atom. The van der Waals surface area contributed by atoms with Crippen molar-refractivity contribution in [3.63, 3.8) is 0 Å². The van der Waals surface area contributed by atoms with Gasteiger partial charge in [-0.2, -0.15) is 9.97 Å². The molecule has 0 bridgehead atoms. The lowest BCUT2D eigenvalue weighted by atomic mass is 10.0. The van der Waals surface area contributed by atoms with E-state index in [-0.39, 0.29) is 11.7 Å². The summed E-state index contributed by atoms with van der Waals surface area (Å²) in [5, 5.41) is 12.4. The van der Waals surface area contributed by atoms with E-state index in [2.05, 4.69) is 41.3 Å². The van der Waals surface area contributed by atoms with E-state index in [1.165, 1.54) is 25.3 Å². The van der Waals surface area contributed by atoms with Crippen molar-refractivity contribution in [2.45, 2.75) is 46.1 Å². The van der Waals surface area contributed by atoms with Gasteiger partial charge < -0.3 is 24.5 Å². The molecule has 0 atom stereocenters. The van der Waals surface area contributed by atoms with Crippen LogP contribution in [-0.2, 0) is 17.8 Å². The molecule has 1 aromatic heterocycles. The maximum atomic E-state index is 12.0. The van der Waals surface area contributed by atoms with Crippen LogP contribution >= 0.6 is 0 Å². The van der Waals surface area contributed by atoms with E-state index in [4.69, 9.17) is 9.72 Å². The third-order valence-electron chi connectivity index (χ3n) is 7.14. The highest BCUT2D eigenvalue weighted by atomic mass is 16.5. The smallest absolute Gasteiger partial charge is 0.318 e. The molecule has 202 valence electrons. The van der Waals surface area contributed by atoms with E-state index in [0.717, 1.165) is 46.5 Å². The molecule has 5 rings (SSSR count). The first-order valence-electron chi connectivity index (χ1n) is 13.6. The zero-order valence-electron chi connectivity index (χ0n) is 22.8. The minimum absolute atomic E-state index is 0.0362. The number of methoxy groups -OCH3 is 1. The fraction of sp³-hybridized carbons (Fsp3) is 0.433. The summed E-state index contributed by atoms with van der Waals surface area (Å²) in [6, 6.07) is 12.0. The minimum Gasteiger partial charge on any atom is -0.508 e. The number of hydrogen-bond donors (Lipinski definition) is 1. The minimum atomic E-state index is -0.0362. The summed E-state index contributed by atoms with van der Waals surface area (Å²) < 4.78 is 5.43. The summed E-state index contributed by atoms with van der Waals surface area (Å²) in [7, 11) is 1.58. The van der Waals surface area contributed by atoms with E-state index in [9.17, 15) is 9.90 Å². The Hall–Kier alpha value is -3.81. The molecule has 38 heavy (non-hydrogen) atoms. The number of phenols is 1. The van der Waals surface area contributed by atoms with Crippen molar-refractivity contribution in [3.05, 3.63) is 60.3 Å². The molecule has 1 amide bonds. The number of unbranched alkanes of at least 4 members (excludes halogenated alkanes) is 2. The van der Waals surface area contributed by atoms with Crippen molar-refractivity contribution in [2.75, 3.05) is 49.6 Å². The van der Waals surface area contributed by atoms with Gasteiger partial charge in [0.15, 0.2) is 0 Å². The topological polar surface area (TPSA) is 82.0 Å². The second-order valence-corrected chi connectivity index (χ2v) is 9.69. The van der Waals surface area contributed by atoms with Crippen LogP contribution in [0.2, 0.25) is 0 Å². The number of hydrogen-bond acceptors (Lipinski definition) is 7. The Kier molecular flexibility index (Phi) is 9.05. The number of rotatable bonds is 6. The highest BCUT2D eigenvalue weighted by Crippen LogP contribution is 2.36. The first-order chi connectivity index (χ1) is 18.5. The number of nitrogens with zero attached hydrogens (tertiary/aromatic N) is 5. The quantitative estimate of drug-likeness (QED) is 0.464. The Bertz CT molecular complexity index is 1270. The Morgan fingerprint density at radius 1 is 1.05 bits per heavy atom. The number of amides is 1. The summed E-state index contributed by atoms with van der Waals surface area (Å²) in [6.07, 6.45) is 6.22. The number of carbonyl (C=O) groups excluding carboxylic acids is 1. The van der Waals surface area contributed by atoms with Crippen molar-refractivity contribution in [1.29, 1.82) is 0 Å². The largest absolute Gasteiger partial charge is 0.508 e. The van der Waals surface area contributed by atoms with Gasteiger partial charge >= 0.3 is 6.01 Å². The maximum absolute atomic E-state index is 12.0. The van der Waals surface area contributed by atoms with Crippen molar-refractivity contribution in [3.8, 4) is 11.8 Å². The maximum Gasteiger partial charge on any atom is 0.318 e. The molecule has 8 nitrogen and oxygen atoms in total. The molecule has 0 radical (unpaired) electrons. The van der Waals surface area contributed by atoms with Gasteiger partial charge in [0.05, 0.1) is 19.3 Å². The van der Waals surface area contributed by atoms with E-state index in [0.29, 0.717) is 38.7 Å². The number of phenolic OH excluding ortho intramolecular Hbond substituents is 1. The van der Waals surface area contributed by atoms with Crippen molar-refractivity contribution in [1.82, 2.24) is 14.9 Å². The molecule has 2 aromatic carbocycles. The van der Waals surface area contributed by atoms with E-state index < -0.39 is 0 Å². The molecule has 0 unspecified atom stereocenters. The fourth-order valence-corrected chi connectivity index (χ4v) is 5.10. The van der Waals surface area contributed by atoms with Crippen molar-refractivity contribution in [2.24, 2.45) is 0 Å². The highest BCUT2D eigenvalue weighted by molar-refractivity contribution is 5.95. The van der Waals surface area contributed by atoms with Gasteiger partial charge in [-0.3, -0.25) is 4.79 Å². The molecular weight excluding hydrogens is 478 g/mol. The number of ether oxygens (including phenoxy) is 1. The molecule has 2 aliphatic rings. The molecule has 8 heteroatoms. The number of piperazine rings is 1. The first kappa shape index (κ1) is 27.2. The average molecular weight is 518 g/mol. The van der Waals surface area contributed by atoms with E-state index in [1.807, 2.05) is 29.2 Å². The normalized spacial score (nSPS) is 15.0. The number of benzene rings is 2. The van der Waals surface area contributed by atoms with Gasteiger partial charge in [-0.25, -0.2) is 0 Å². The zero-order chi connectivity index (χ0) is 27.1. The van der Waals surface area contributed by atoms with Gasteiger partial charge in [0.2, 0.25) is 5.91 Å². The summed E-state index contributed by atoms with van der Waals surface area (Å²) in [4.78, 5) is 27.6. The lowest BCUT2D eigenvalue weighted by Crippen LogP contribution is -2.49. The SMILES string of the molecule is C=CC(=O)N1CCN(c2nc(OC)nc3c2CCN(c2cc(O)cc4ccccc24)C3)CC1.CCCCC. The number of carbonyl (C=O) groups is 1. The lowest BCUT2D eigenvalue weighted by molar-refractivity contribution is -0.126. The molecule has 0 saturated carbocycles. The lowest BCUT2D eigenvalue weighted by Gasteiger charge is -2.38. The molecule has 0 aliphatic carbocycles. The number of aromatic nitrogens is 2. The van der Waals surface area contributed by atoms with Crippen LogP contribution in [0.1, 0.15) is 44.4 Å². The van der Waals surface area contributed by atoms with E-state index in [1.54, 1.807) is 13.2 Å². The second-order valence-electron chi connectivity index (χ2n) is 9.69. The number of anilines is 2. The molecule has 3 heterocycles. The fourth-order valence-electron chi connectivity index (χ4n) is 5.10. The average Bonchev–Trinajstić information content (AvgIpc) is 2.96. The highest BCUT2D eigenvalue weighted by Gasteiger charge is 2.28. The monoisotopic (exact) mass is 517 g/mol. The number of fused-ring (bicyclic) bond motifs is 2. The van der Waals surface area contributed by atoms with Crippen molar-refractivity contribution >= 4 is 28.2 Å². The molecule has 3 aromatic rings. The first-order valence-corrected chi connectivity index (χ1v) is 13.6. The third kappa shape index (κ3) is 6.01. The van der Waals surface area contributed by atoms with Gasteiger partial charge in [0.1, 0.15) is 11.6 Å². The van der Waals surface area contributed by atoms with Gasteiger partial charge in [-0.05, 0) is 23.9 Å². The molecular formula is C30H39N5O3. The molecule has 2 aliphatic heterocycles. The van der Waals surface area contributed by atoms with Crippen LogP contribution in [0.15, 0.2) is 49.1 Å². The van der Waals surface area contributed by atoms with Crippen LogP contribution in [0.3, 0.4) is 0 Å². The standard InChI is InChI=1S/C25H27N5O3.C5H12/c1-3-23(32)28-10-12-29(13-11-28)24-20-8-9-30(16-21(20)26-25(27-24)33-2)22-15-18(31)14-17-6-4-5-7-19(17)22;1-3-5-4-2/h3-7,14-15,31H,1,8-13,16H2,2H3;3-5H2,1-2H3. The van der Waals surface area contributed by atoms with Gasteiger partial charge in [0.25, 0.3) is 0 Å². The molecule has 0 spiro atoms.